The molecule has 4 aliphatic carbocycles. The van der Waals surface area contributed by atoms with Gasteiger partial charge in [0.25, 0.3) is 0 Å². The van der Waals surface area contributed by atoms with Crippen LogP contribution in [0.3, 0.4) is 0 Å². The van der Waals surface area contributed by atoms with E-state index in [1.807, 2.05) is 7.11 Å². The molecule has 0 spiro atoms. The first-order valence-corrected chi connectivity index (χ1v) is 12.6. The van der Waals surface area contributed by atoms with E-state index in [1.54, 1.807) is 5.57 Å². The lowest BCUT2D eigenvalue weighted by Crippen LogP contribution is -2.40. The van der Waals surface area contributed by atoms with Crippen molar-refractivity contribution in [3.8, 4) is 5.75 Å². The molecule has 1 unspecified atom stereocenters. The smallest absolute Gasteiger partial charge is 0.237 e. The van der Waals surface area contributed by atoms with Crippen molar-refractivity contribution in [1.82, 2.24) is 0 Å². The van der Waals surface area contributed by atoms with Crippen molar-refractivity contribution in [3.05, 3.63) is 35.4 Å². The molecule has 142 valence electrons. The predicted octanol–water partition coefficient (Wildman–Crippen LogP) is 6.03. The molecule has 4 bridgehead atoms. The topological polar surface area (TPSA) is 18.5 Å². The van der Waals surface area contributed by atoms with Gasteiger partial charge in [-0.15, -0.1) is 0 Å². The lowest BCUT2D eigenvalue weighted by Gasteiger charge is -2.51. The van der Waals surface area contributed by atoms with Gasteiger partial charge in [-0.3, -0.25) is 0 Å². The van der Waals surface area contributed by atoms with Crippen LogP contribution in [-0.4, -0.2) is 16.2 Å². The number of allylic oxidation sites excluding steroid dienone is 1. The molecule has 5 rings (SSSR count). The maximum Gasteiger partial charge on any atom is 0.237 e. The highest BCUT2D eigenvalue weighted by Crippen LogP contribution is 2.58. The average Bonchev–Trinajstić information content (AvgIpc) is 2.57. The quantitative estimate of drug-likeness (QED) is 0.476. The van der Waals surface area contributed by atoms with Gasteiger partial charge in [-0.25, -0.2) is 0 Å². The largest absolute Gasteiger partial charge is 0.546 e. The number of rotatable bonds is 4. The van der Waals surface area contributed by atoms with E-state index in [4.69, 9.17) is 9.16 Å². The minimum atomic E-state index is -1.29. The molecule has 0 heterocycles. The first-order chi connectivity index (χ1) is 12.3. The van der Waals surface area contributed by atoms with Gasteiger partial charge in [-0.05, 0) is 85.1 Å². The summed E-state index contributed by atoms with van der Waals surface area (Å²) in [5.41, 5.74) is 2.83. The fraction of sp³-hybridized carbons (Fsp3) is 0.652. The Morgan fingerprint density at radius 3 is 2.15 bits per heavy atom. The number of methoxy groups -OCH3 is 1. The van der Waals surface area contributed by atoms with Gasteiger partial charge in [-0.1, -0.05) is 32.9 Å². The van der Waals surface area contributed by atoms with Crippen LogP contribution in [0.4, 0.5) is 0 Å². The maximum absolute atomic E-state index is 6.38. The first-order valence-electron chi connectivity index (χ1n) is 10.4. The summed E-state index contributed by atoms with van der Waals surface area (Å²) in [7, 11) is 0.563. The normalized spacial score (nSPS) is 31.0. The maximum atomic E-state index is 6.38. The van der Waals surface area contributed by atoms with Crippen LogP contribution in [0.25, 0.3) is 5.76 Å². The van der Waals surface area contributed by atoms with E-state index in [0.717, 1.165) is 35.2 Å². The van der Waals surface area contributed by atoms with E-state index in [0.29, 0.717) is 0 Å². The Hall–Kier alpha value is -1.22. The van der Waals surface area contributed by atoms with E-state index in [-0.39, 0.29) is 5.04 Å². The van der Waals surface area contributed by atoms with Gasteiger partial charge in [0.1, 0.15) is 11.5 Å². The molecule has 0 saturated heterocycles. The van der Waals surface area contributed by atoms with Gasteiger partial charge in [0, 0.05) is 5.56 Å². The molecular weight excluding hydrogens is 336 g/mol. The highest BCUT2D eigenvalue weighted by Gasteiger charge is 2.46. The molecule has 1 aromatic carbocycles. The zero-order chi connectivity index (χ0) is 18.5. The zero-order valence-corrected chi connectivity index (χ0v) is 18.2. The third-order valence-electron chi connectivity index (χ3n) is 7.11. The minimum Gasteiger partial charge on any atom is -0.546 e. The number of hydrogen-bond donors (Lipinski definition) is 0. The Balaban J connectivity index is 1.64. The van der Waals surface area contributed by atoms with Crippen LogP contribution in [0.5, 0.6) is 5.75 Å². The molecule has 0 N–H and O–H groups in total. The molecular formula is C23H34O2Si. The van der Waals surface area contributed by atoms with Crippen molar-refractivity contribution >= 4 is 14.8 Å². The number of ether oxygens (including phenoxy) is 1. The lowest BCUT2D eigenvalue weighted by molar-refractivity contribution is 0.0675. The van der Waals surface area contributed by atoms with Crippen LogP contribution in [0, 0.1) is 23.7 Å². The number of hydrogen-bond acceptors (Lipinski definition) is 2. The van der Waals surface area contributed by atoms with Crippen LogP contribution in [-0.2, 0) is 4.74 Å². The minimum absolute atomic E-state index is 0.264. The summed E-state index contributed by atoms with van der Waals surface area (Å²) in [5, 5.41) is 0.264. The summed E-state index contributed by atoms with van der Waals surface area (Å²) in [5.74, 6) is 5.63. The zero-order valence-electron chi connectivity index (χ0n) is 17.0. The lowest BCUT2D eigenvalue weighted by atomic mass is 9.54. The molecule has 3 heteroatoms. The molecule has 0 aromatic heterocycles. The van der Waals surface area contributed by atoms with Crippen molar-refractivity contribution in [1.29, 1.82) is 0 Å². The van der Waals surface area contributed by atoms with E-state index in [1.165, 1.54) is 37.7 Å². The van der Waals surface area contributed by atoms with Crippen molar-refractivity contribution in [2.45, 2.75) is 64.5 Å². The van der Waals surface area contributed by atoms with Crippen LogP contribution >= 0.6 is 0 Å². The third-order valence-corrected chi connectivity index (χ3v) is 10.2. The molecule has 4 aliphatic rings. The van der Waals surface area contributed by atoms with Crippen molar-refractivity contribution in [2.24, 2.45) is 23.7 Å². The van der Waals surface area contributed by atoms with Crippen LogP contribution in [0.2, 0.25) is 11.6 Å². The summed E-state index contributed by atoms with van der Waals surface area (Å²) >= 11 is 0. The number of benzene rings is 1. The standard InChI is InChI=1S/C23H34O2Si/c1-23(2,3)26(5)25-20-8-6-7-17(14-20)22(24-4)21-18-10-15-9-16(12-18)13-19(21)11-15/h6-8,14-16,18-19,26H,9-13H2,1-5H3. The Kier molecular flexibility index (Phi) is 4.71. The van der Waals surface area contributed by atoms with Crippen molar-refractivity contribution < 1.29 is 9.16 Å². The summed E-state index contributed by atoms with van der Waals surface area (Å²) in [4.78, 5) is 0. The van der Waals surface area contributed by atoms with Crippen molar-refractivity contribution in [2.75, 3.05) is 7.11 Å². The second-order valence-corrected chi connectivity index (χ2v) is 13.2. The summed E-state index contributed by atoms with van der Waals surface area (Å²) in [6.07, 6.45) is 7.04. The Morgan fingerprint density at radius 2 is 1.62 bits per heavy atom. The van der Waals surface area contributed by atoms with Gasteiger partial charge < -0.3 is 9.16 Å². The second kappa shape index (κ2) is 6.74. The van der Waals surface area contributed by atoms with Crippen LogP contribution < -0.4 is 4.43 Å². The molecule has 0 amide bonds. The molecule has 1 atom stereocenters. The van der Waals surface area contributed by atoms with Gasteiger partial charge in [0.2, 0.25) is 9.04 Å². The van der Waals surface area contributed by atoms with E-state index in [2.05, 4.69) is 51.6 Å². The highest BCUT2D eigenvalue weighted by atomic mass is 28.3. The Labute approximate surface area is 160 Å². The van der Waals surface area contributed by atoms with Gasteiger partial charge in [-0.2, -0.15) is 0 Å². The average molecular weight is 371 g/mol. The molecule has 26 heavy (non-hydrogen) atoms. The Bertz CT molecular complexity index is 670. The van der Waals surface area contributed by atoms with E-state index < -0.39 is 9.04 Å². The van der Waals surface area contributed by atoms with E-state index in [9.17, 15) is 0 Å². The summed E-state index contributed by atoms with van der Waals surface area (Å²) in [6, 6.07) is 8.65. The van der Waals surface area contributed by atoms with E-state index >= 15 is 0 Å². The van der Waals surface area contributed by atoms with Crippen molar-refractivity contribution in [3.63, 3.8) is 0 Å². The second-order valence-electron chi connectivity index (χ2n) is 9.95. The predicted molar refractivity (Wildman–Crippen MR) is 111 cm³/mol. The fourth-order valence-electron chi connectivity index (χ4n) is 5.56. The molecule has 0 radical (unpaired) electrons. The molecule has 0 aliphatic heterocycles. The monoisotopic (exact) mass is 370 g/mol. The highest BCUT2D eigenvalue weighted by molar-refractivity contribution is 6.54. The van der Waals surface area contributed by atoms with Crippen LogP contribution in [0.15, 0.2) is 29.8 Å². The summed E-state index contributed by atoms with van der Waals surface area (Å²) < 4.78 is 12.4. The van der Waals surface area contributed by atoms with Gasteiger partial charge in [0.05, 0.1) is 7.11 Å². The fourth-order valence-corrected chi connectivity index (χ4v) is 6.46. The molecule has 1 aromatic rings. The Morgan fingerprint density at radius 1 is 1.00 bits per heavy atom. The SMILES string of the molecule is COC(=C1C2CC3CC(C2)CC1C3)c1cccc(O[SiH](C)C(C)(C)C)c1. The van der Waals surface area contributed by atoms with Crippen LogP contribution in [0.1, 0.15) is 58.4 Å². The molecule has 4 saturated carbocycles. The molecule has 4 fully saturated rings. The third kappa shape index (κ3) is 3.35. The van der Waals surface area contributed by atoms with Gasteiger partial charge in [0.15, 0.2) is 0 Å². The first kappa shape index (κ1) is 18.2. The van der Waals surface area contributed by atoms with Gasteiger partial charge >= 0.3 is 0 Å². The molecule has 2 nitrogen and oxygen atoms in total. The summed E-state index contributed by atoms with van der Waals surface area (Å²) in [6.45, 7) is 9.14.